The van der Waals surface area contributed by atoms with Crippen molar-refractivity contribution in [3.63, 3.8) is 0 Å². The van der Waals surface area contributed by atoms with Crippen LogP contribution in [0.1, 0.15) is 0 Å². The van der Waals surface area contributed by atoms with Crippen molar-refractivity contribution in [1.29, 1.82) is 0 Å². The molecular formula is C8H2Cl4N2. The van der Waals surface area contributed by atoms with E-state index in [2.05, 4.69) is 9.97 Å². The van der Waals surface area contributed by atoms with Crippen LogP contribution in [0.25, 0.3) is 10.9 Å². The zero-order valence-electron chi connectivity index (χ0n) is 6.56. The van der Waals surface area contributed by atoms with Crippen LogP contribution in [-0.4, -0.2) is 9.97 Å². The molecule has 2 nitrogen and oxygen atoms in total. The third-order valence-corrected chi connectivity index (χ3v) is 3.54. The summed E-state index contributed by atoms with van der Waals surface area (Å²) in [4.78, 5) is 7.80. The Bertz CT molecular complexity index is 466. The first-order chi connectivity index (χ1) is 6.63. The molecule has 0 atom stereocenters. The number of fused-ring (bicyclic) bond motifs is 1. The maximum atomic E-state index is 5.95. The lowest BCUT2D eigenvalue weighted by Gasteiger charge is -2.05. The van der Waals surface area contributed by atoms with Crippen molar-refractivity contribution in [3.05, 3.63) is 32.6 Å². The Kier molecular flexibility index (Phi) is 2.71. The second-order valence-corrected chi connectivity index (χ2v) is 4.05. The molecule has 0 spiro atoms. The summed E-state index contributed by atoms with van der Waals surface area (Å²) in [7, 11) is 0. The summed E-state index contributed by atoms with van der Waals surface area (Å²) in [5.41, 5.74) is 0.501. The Labute approximate surface area is 99.8 Å². The molecule has 0 unspecified atom stereocenters. The molecule has 1 heterocycles. The van der Waals surface area contributed by atoms with Gasteiger partial charge in [0.15, 0.2) is 0 Å². The van der Waals surface area contributed by atoms with Gasteiger partial charge < -0.3 is 0 Å². The van der Waals surface area contributed by atoms with Gasteiger partial charge in [-0.25, -0.2) is 9.97 Å². The molecule has 0 aliphatic rings. The van der Waals surface area contributed by atoms with Gasteiger partial charge in [0.1, 0.15) is 6.33 Å². The first-order valence-corrected chi connectivity index (χ1v) is 5.05. The Hall–Kier alpha value is -0.280. The maximum Gasteiger partial charge on any atom is 0.116 e. The van der Waals surface area contributed by atoms with Crippen molar-refractivity contribution >= 4 is 57.3 Å². The van der Waals surface area contributed by atoms with Gasteiger partial charge in [-0.15, -0.1) is 0 Å². The van der Waals surface area contributed by atoms with Crippen LogP contribution in [-0.2, 0) is 0 Å². The number of benzene rings is 1. The van der Waals surface area contributed by atoms with Crippen molar-refractivity contribution in [2.24, 2.45) is 0 Å². The van der Waals surface area contributed by atoms with Crippen LogP contribution >= 0.6 is 46.4 Å². The van der Waals surface area contributed by atoms with E-state index in [0.29, 0.717) is 20.9 Å². The first kappa shape index (κ1) is 10.2. The predicted molar refractivity (Wildman–Crippen MR) is 59.6 cm³/mol. The Morgan fingerprint density at radius 2 is 1.50 bits per heavy atom. The average Bonchev–Trinajstić information content (AvgIpc) is 2.23. The number of rotatable bonds is 0. The van der Waals surface area contributed by atoms with Crippen molar-refractivity contribution in [1.82, 2.24) is 9.97 Å². The minimum atomic E-state index is 0.213. The predicted octanol–water partition coefficient (Wildman–Crippen LogP) is 4.24. The summed E-state index contributed by atoms with van der Waals surface area (Å²) in [6.45, 7) is 0. The summed E-state index contributed by atoms with van der Waals surface area (Å²) < 4.78 is 0. The van der Waals surface area contributed by atoms with Crippen LogP contribution in [0.3, 0.4) is 0 Å². The molecule has 0 saturated carbocycles. The quantitative estimate of drug-likeness (QED) is 0.527. The Balaban J connectivity index is 3.02. The first-order valence-electron chi connectivity index (χ1n) is 3.54. The van der Waals surface area contributed by atoms with Crippen LogP contribution < -0.4 is 0 Å². The van der Waals surface area contributed by atoms with Gasteiger partial charge in [0.25, 0.3) is 0 Å². The monoisotopic (exact) mass is 266 g/mol. The SMILES string of the molecule is Clc1c(Cl)c(Cl)c2ncncc2c1Cl. The standard InChI is InChI=1S/C8H2Cl4N2/c9-4-3-1-13-2-14-8(3)7(12)6(11)5(4)10/h1-2H. The fraction of sp³-hybridized carbons (Fsp3) is 0. The van der Waals surface area contributed by atoms with Gasteiger partial charge in [0, 0.05) is 11.6 Å². The fourth-order valence-corrected chi connectivity index (χ4v) is 2.03. The molecule has 0 fully saturated rings. The molecule has 1 aromatic heterocycles. The van der Waals surface area contributed by atoms with Crippen molar-refractivity contribution in [2.75, 3.05) is 0 Å². The summed E-state index contributed by atoms with van der Waals surface area (Å²) in [5.74, 6) is 0. The Morgan fingerprint density at radius 3 is 2.21 bits per heavy atom. The number of aromatic nitrogens is 2. The van der Waals surface area contributed by atoms with E-state index >= 15 is 0 Å². The van der Waals surface area contributed by atoms with Crippen molar-refractivity contribution in [3.8, 4) is 0 Å². The number of hydrogen-bond donors (Lipinski definition) is 0. The molecule has 0 aliphatic carbocycles. The minimum Gasteiger partial charge on any atom is -0.244 e. The van der Waals surface area contributed by atoms with E-state index in [1.54, 1.807) is 6.20 Å². The molecular weight excluding hydrogens is 266 g/mol. The van der Waals surface area contributed by atoms with Gasteiger partial charge >= 0.3 is 0 Å². The zero-order valence-corrected chi connectivity index (χ0v) is 9.58. The third kappa shape index (κ3) is 1.43. The highest BCUT2D eigenvalue weighted by molar-refractivity contribution is 6.55. The Morgan fingerprint density at radius 1 is 0.857 bits per heavy atom. The van der Waals surface area contributed by atoms with Crippen LogP contribution in [0.2, 0.25) is 20.1 Å². The van der Waals surface area contributed by atoms with E-state index in [4.69, 9.17) is 46.4 Å². The molecule has 0 amide bonds. The molecule has 0 radical (unpaired) electrons. The highest BCUT2D eigenvalue weighted by Crippen LogP contribution is 2.41. The van der Waals surface area contributed by atoms with E-state index in [-0.39, 0.29) is 10.0 Å². The minimum absolute atomic E-state index is 0.213. The van der Waals surface area contributed by atoms with Gasteiger partial charge in [0.2, 0.25) is 0 Å². The van der Waals surface area contributed by atoms with E-state index in [9.17, 15) is 0 Å². The van der Waals surface area contributed by atoms with E-state index < -0.39 is 0 Å². The van der Waals surface area contributed by atoms with Gasteiger partial charge in [-0.3, -0.25) is 0 Å². The highest BCUT2D eigenvalue weighted by Gasteiger charge is 2.15. The smallest absolute Gasteiger partial charge is 0.116 e. The summed E-state index contributed by atoms with van der Waals surface area (Å²) in [6.07, 6.45) is 2.91. The van der Waals surface area contributed by atoms with Crippen molar-refractivity contribution in [2.45, 2.75) is 0 Å². The fourth-order valence-electron chi connectivity index (χ4n) is 1.08. The highest BCUT2D eigenvalue weighted by atomic mass is 35.5. The van der Waals surface area contributed by atoms with Crippen LogP contribution in [0.5, 0.6) is 0 Å². The molecule has 14 heavy (non-hydrogen) atoms. The zero-order chi connectivity index (χ0) is 10.3. The van der Waals surface area contributed by atoms with Crippen LogP contribution in [0.4, 0.5) is 0 Å². The summed E-state index contributed by atoms with van der Waals surface area (Å²) >= 11 is 23.6. The lowest BCUT2D eigenvalue weighted by Crippen LogP contribution is -1.86. The average molecular weight is 268 g/mol. The topological polar surface area (TPSA) is 25.8 Å². The molecule has 0 N–H and O–H groups in total. The third-order valence-electron chi connectivity index (χ3n) is 1.73. The van der Waals surface area contributed by atoms with Crippen LogP contribution in [0.15, 0.2) is 12.5 Å². The molecule has 2 rings (SSSR count). The summed E-state index contributed by atoms with van der Waals surface area (Å²) in [6, 6.07) is 0. The van der Waals surface area contributed by atoms with E-state index in [1.165, 1.54) is 6.33 Å². The largest absolute Gasteiger partial charge is 0.244 e. The maximum absolute atomic E-state index is 5.95. The summed E-state index contributed by atoms with van der Waals surface area (Å²) in [5, 5.41) is 1.63. The van der Waals surface area contributed by atoms with Gasteiger partial charge in [-0.2, -0.15) is 0 Å². The number of halogens is 4. The molecule has 0 saturated heterocycles. The molecule has 72 valence electrons. The van der Waals surface area contributed by atoms with Gasteiger partial charge in [-0.05, 0) is 0 Å². The normalized spacial score (nSPS) is 10.9. The molecule has 2 aromatic rings. The second kappa shape index (κ2) is 3.70. The molecule has 6 heteroatoms. The van der Waals surface area contributed by atoms with E-state index in [0.717, 1.165) is 0 Å². The van der Waals surface area contributed by atoms with E-state index in [1.807, 2.05) is 0 Å². The van der Waals surface area contributed by atoms with Gasteiger partial charge in [0.05, 0.1) is 25.6 Å². The molecule has 0 bridgehead atoms. The van der Waals surface area contributed by atoms with Crippen molar-refractivity contribution < 1.29 is 0 Å². The lowest BCUT2D eigenvalue weighted by atomic mass is 10.2. The number of hydrogen-bond acceptors (Lipinski definition) is 2. The number of nitrogens with zero attached hydrogens (tertiary/aromatic N) is 2. The van der Waals surface area contributed by atoms with Gasteiger partial charge in [-0.1, -0.05) is 46.4 Å². The molecule has 1 aromatic carbocycles. The second-order valence-electron chi connectivity index (χ2n) is 2.54. The van der Waals surface area contributed by atoms with Crippen LogP contribution in [0, 0.1) is 0 Å². The lowest BCUT2D eigenvalue weighted by molar-refractivity contribution is 1.22. The molecule has 0 aliphatic heterocycles.